The van der Waals surface area contributed by atoms with Gasteiger partial charge in [-0.1, -0.05) is 6.07 Å². The van der Waals surface area contributed by atoms with Crippen molar-refractivity contribution in [1.82, 2.24) is 4.90 Å². The highest BCUT2D eigenvalue weighted by Gasteiger charge is 2.18. The largest absolute Gasteiger partial charge is 0.507 e. The SMILES string of the molecule is CCN(Cc1cccs1)C(=O)c1ccc(F)cc1O. The van der Waals surface area contributed by atoms with Crippen LogP contribution in [0.2, 0.25) is 0 Å². The number of benzene rings is 1. The maximum atomic E-state index is 12.9. The number of rotatable bonds is 4. The van der Waals surface area contributed by atoms with Crippen molar-refractivity contribution in [2.45, 2.75) is 13.5 Å². The van der Waals surface area contributed by atoms with Crippen LogP contribution in [0.15, 0.2) is 35.7 Å². The second-order valence-corrected chi connectivity index (χ2v) is 5.09. The molecule has 0 spiro atoms. The van der Waals surface area contributed by atoms with Gasteiger partial charge in [0.25, 0.3) is 5.91 Å². The Labute approximate surface area is 114 Å². The van der Waals surface area contributed by atoms with Crippen LogP contribution in [-0.2, 0) is 6.54 Å². The smallest absolute Gasteiger partial charge is 0.257 e. The van der Waals surface area contributed by atoms with E-state index >= 15 is 0 Å². The molecule has 1 amide bonds. The van der Waals surface area contributed by atoms with Crippen LogP contribution in [0.25, 0.3) is 0 Å². The minimum absolute atomic E-state index is 0.125. The summed E-state index contributed by atoms with van der Waals surface area (Å²) >= 11 is 1.57. The van der Waals surface area contributed by atoms with Crippen molar-refractivity contribution in [3.63, 3.8) is 0 Å². The van der Waals surface area contributed by atoms with Crippen LogP contribution in [-0.4, -0.2) is 22.5 Å². The molecule has 100 valence electrons. The molecule has 2 rings (SSSR count). The first-order valence-corrected chi connectivity index (χ1v) is 6.80. The van der Waals surface area contributed by atoms with Gasteiger partial charge in [0.05, 0.1) is 12.1 Å². The fourth-order valence-electron chi connectivity index (χ4n) is 1.77. The number of halogens is 1. The summed E-state index contributed by atoms with van der Waals surface area (Å²) in [4.78, 5) is 15.0. The first-order chi connectivity index (χ1) is 9.11. The van der Waals surface area contributed by atoms with Crippen molar-refractivity contribution < 1.29 is 14.3 Å². The van der Waals surface area contributed by atoms with Crippen molar-refractivity contribution >= 4 is 17.2 Å². The summed E-state index contributed by atoms with van der Waals surface area (Å²) in [5.74, 6) is -1.18. The van der Waals surface area contributed by atoms with Gasteiger partial charge < -0.3 is 10.0 Å². The number of amides is 1. The maximum absolute atomic E-state index is 12.9. The van der Waals surface area contributed by atoms with Crippen molar-refractivity contribution in [2.75, 3.05) is 6.54 Å². The lowest BCUT2D eigenvalue weighted by molar-refractivity contribution is 0.0751. The summed E-state index contributed by atoms with van der Waals surface area (Å²) in [6.45, 7) is 2.88. The minimum atomic E-state index is -0.560. The predicted molar refractivity (Wildman–Crippen MR) is 72.8 cm³/mol. The predicted octanol–water partition coefficient (Wildman–Crippen LogP) is 3.26. The lowest BCUT2D eigenvalue weighted by atomic mass is 10.1. The molecule has 2 aromatic rings. The fraction of sp³-hybridized carbons (Fsp3) is 0.214. The molecule has 1 N–H and O–H groups in total. The van der Waals surface area contributed by atoms with Gasteiger partial charge in [-0.05, 0) is 30.5 Å². The van der Waals surface area contributed by atoms with Gasteiger partial charge in [-0.3, -0.25) is 4.79 Å². The third-order valence-electron chi connectivity index (χ3n) is 2.79. The highest BCUT2D eigenvalue weighted by atomic mass is 32.1. The summed E-state index contributed by atoms with van der Waals surface area (Å²) in [5.41, 5.74) is 0.125. The van der Waals surface area contributed by atoms with E-state index in [1.807, 2.05) is 24.4 Å². The summed E-state index contributed by atoms with van der Waals surface area (Å²) < 4.78 is 12.9. The van der Waals surface area contributed by atoms with Crippen molar-refractivity contribution in [3.8, 4) is 5.75 Å². The van der Waals surface area contributed by atoms with Gasteiger partial charge in [0.1, 0.15) is 11.6 Å². The van der Waals surface area contributed by atoms with Crippen LogP contribution in [0, 0.1) is 5.82 Å². The van der Waals surface area contributed by atoms with E-state index in [9.17, 15) is 14.3 Å². The Kier molecular flexibility index (Phi) is 4.16. The Bertz CT molecular complexity index is 569. The summed E-state index contributed by atoms with van der Waals surface area (Å²) in [5, 5.41) is 11.6. The molecule has 0 radical (unpaired) electrons. The number of aromatic hydroxyl groups is 1. The molecule has 1 heterocycles. The molecular weight excluding hydrogens is 265 g/mol. The quantitative estimate of drug-likeness (QED) is 0.933. The zero-order valence-electron chi connectivity index (χ0n) is 10.5. The van der Waals surface area contributed by atoms with E-state index in [4.69, 9.17) is 0 Å². The first kappa shape index (κ1) is 13.5. The van der Waals surface area contributed by atoms with Crippen LogP contribution in [0.1, 0.15) is 22.2 Å². The molecule has 0 saturated carbocycles. The van der Waals surface area contributed by atoms with Crippen molar-refractivity contribution in [3.05, 3.63) is 52.0 Å². The third-order valence-corrected chi connectivity index (χ3v) is 3.65. The summed E-state index contributed by atoms with van der Waals surface area (Å²) in [7, 11) is 0. The number of nitrogens with zero attached hydrogens (tertiary/aromatic N) is 1. The van der Waals surface area contributed by atoms with E-state index in [1.165, 1.54) is 12.1 Å². The van der Waals surface area contributed by atoms with Crippen molar-refractivity contribution in [1.29, 1.82) is 0 Å². The second kappa shape index (κ2) is 5.84. The van der Waals surface area contributed by atoms with Crippen LogP contribution < -0.4 is 0 Å². The molecule has 5 heteroatoms. The average molecular weight is 279 g/mol. The summed E-state index contributed by atoms with van der Waals surface area (Å²) in [6, 6.07) is 7.31. The lowest BCUT2D eigenvalue weighted by Gasteiger charge is -2.20. The van der Waals surface area contributed by atoms with Gasteiger partial charge in [-0.2, -0.15) is 0 Å². The van der Waals surface area contributed by atoms with Gasteiger partial charge in [0.15, 0.2) is 0 Å². The number of hydrogen-bond donors (Lipinski definition) is 1. The van der Waals surface area contributed by atoms with Crippen molar-refractivity contribution in [2.24, 2.45) is 0 Å². The van der Waals surface area contributed by atoms with Gasteiger partial charge in [-0.15, -0.1) is 11.3 Å². The lowest BCUT2D eigenvalue weighted by Crippen LogP contribution is -2.30. The number of phenolic OH excluding ortho intramolecular Hbond substituents is 1. The van der Waals surface area contributed by atoms with E-state index in [0.29, 0.717) is 13.1 Å². The molecule has 1 aromatic carbocycles. The molecule has 0 atom stereocenters. The van der Waals surface area contributed by atoms with Gasteiger partial charge in [0.2, 0.25) is 0 Å². The highest BCUT2D eigenvalue weighted by molar-refractivity contribution is 7.09. The van der Waals surface area contributed by atoms with Crippen LogP contribution in [0.4, 0.5) is 4.39 Å². The van der Waals surface area contributed by atoms with E-state index in [-0.39, 0.29) is 17.2 Å². The molecule has 1 aromatic heterocycles. The van der Waals surface area contributed by atoms with Gasteiger partial charge in [-0.25, -0.2) is 4.39 Å². The highest BCUT2D eigenvalue weighted by Crippen LogP contribution is 2.21. The number of thiophene rings is 1. The first-order valence-electron chi connectivity index (χ1n) is 5.92. The molecule has 19 heavy (non-hydrogen) atoms. The van der Waals surface area contributed by atoms with E-state index in [0.717, 1.165) is 10.9 Å². The number of carbonyl (C=O) groups excluding carboxylic acids is 1. The summed E-state index contributed by atoms with van der Waals surface area (Å²) in [6.07, 6.45) is 0. The molecule has 0 saturated heterocycles. The normalized spacial score (nSPS) is 10.4. The number of hydrogen-bond acceptors (Lipinski definition) is 3. The topological polar surface area (TPSA) is 40.5 Å². The second-order valence-electron chi connectivity index (χ2n) is 4.06. The van der Waals surface area contributed by atoms with E-state index in [1.54, 1.807) is 16.2 Å². The molecular formula is C14H14FNO2S. The molecule has 0 bridgehead atoms. The van der Waals surface area contributed by atoms with Crippen LogP contribution in [0.3, 0.4) is 0 Å². The standard InChI is InChI=1S/C14H14FNO2S/c1-2-16(9-11-4-3-7-19-11)14(18)12-6-5-10(15)8-13(12)17/h3-8,17H,2,9H2,1H3. The number of carbonyl (C=O) groups is 1. The zero-order valence-corrected chi connectivity index (χ0v) is 11.3. The fourth-order valence-corrected chi connectivity index (χ4v) is 2.49. The number of phenols is 1. The van der Waals surface area contributed by atoms with Gasteiger partial charge in [0, 0.05) is 17.5 Å². The Hall–Kier alpha value is -1.88. The molecule has 3 nitrogen and oxygen atoms in total. The molecule has 0 aliphatic carbocycles. The molecule has 0 fully saturated rings. The molecule has 0 aliphatic rings. The molecule has 0 aliphatic heterocycles. The van der Waals surface area contributed by atoms with E-state index < -0.39 is 5.82 Å². The van der Waals surface area contributed by atoms with Gasteiger partial charge >= 0.3 is 0 Å². The molecule has 0 unspecified atom stereocenters. The Morgan fingerprint density at radius 3 is 2.79 bits per heavy atom. The Balaban J connectivity index is 2.20. The van der Waals surface area contributed by atoms with E-state index in [2.05, 4.69) is 0 Å². The minimum Gasteiger partial charge on any atom is -0.507 e. The Morgan fingerprint density at radius 2 is 2.21 bits per heavy atom. The third kappa shape index (κ3) is 3.12. The Morgan fingerprint density at radius 1 is 1.42 bits per heavy atom. The van der Waals surface area contributed by atoms with Crippen LogP contribution >= 0.6 is 11.3 Å². The monoisotopic (exact) mass is 279 g/mol. The maximum Gasteiger partial charge on any atom is 0.257 e. The average Bonchev–Trinajstić information content (AvgIpc) is 2.88. The van der Waals surface area contributed by atoms with Crippen LogP contribution in [0.5, 0.6) is 5.75 Å². The zero-order chi connectivity index (χ0) is 13.8.